The van der Waals surface area contributed by atoms with Crippen LogP contribution in [0.5, 0.6) is 5.75 Å². The average molecular weight is 379 g/mol. The van der Waals surface area contributed by atoms with E-state index >= 15 is 0 Å². The molecular weight excluding hydrogens is 356 g/mol. The van der Waals surface area contributed by atoms with Crippen molar-refractivity contribution in [1.29, 1.82) is 0 Å². The summed E-state index contributed by atoms with van der Waals surface area (Å²) >= 11 is 6.23. The maximum atomic E-state index is 12.6. The summed E-state index contributed by atoms with van der Waals surface area (Å²) in [6.07, 6.45) is 6.66. The first-order valence-corrected chi connectivity index (χ1v) is 9.26. The molecule has 0 aliphatic carbocycles. The van der Waals surface area contributed by atoms with Crippen molar-refractivity contribution in [1.82, 2.24) is 10.2 Å². The Hall–Kier alpha value is -2.05. The van der Waals surface area contributed by atoms with Gasteiger partial charge in [0.05, 0.1) is 11.1 Å². The van der Waals surface area contributed by atoms with E-state index in [2.05, 4.69) is 10.2 Å². The summed E-state index contributed by atoms with van der Waals surface area (Å²) in [4.78, 5) is 26.4. The number of carbonyl (C=O) groups excluding carboxylic acids is 1. The molecule has 0 aromatic heterocycles. The number of aliphatic carboxylic acids is 1. The maximum Gasteiger partial charge on any atom is 0.326 e. The minimum atomic E-state index is -1.05. The van der Waals surface area contributed by atoms with Gasteiger partial charge < -0.3 is 15.2 Å². The molecule has 2 bridgehead atoms. The SMILES string of the molecule is O=C1N[C@H](C(=O)O)Cc2ccc(c(Cl)c2)OCC=CCCN2CCCC12. The number of ether oxygens (including phenoxy) is 1. The molecule has 2 atom stereocenters. The molecule has 7 heteroatoms. The van der Waals surface area contributed by atoms with Crippen molar-refractivity contribution in [2.75, 3.05) is 19.7 Å². The summed E-state index contributed by atoms with van der Waals surface area (Å²) in [6.45, 7) is 2.04. The molecule has 1 fully saturated rings. The zero-order chi connectivity index (χ0) is 18.5. The van der Waals surface area contributed by atoms with Crippen LogP contribution in [0.3, 0.4) is 0 Å². The second-order valence-corrected chi connectivity index (χ2v) is 7.04. The van der Waals surface area contributed by atoms with Gasteiger partial charge in [-0.15, -0.1) is 0 Å². The van der Waals surface area contributed by atoms with Gasteiger partial charge in [0.15, 0.2) is 0 Å². The maximum absolute atomic E-state index is 12.6. The van der Waals surface area contributed by atoms with Crippen LogP contribution in [0.4, 0.5) is 0 Å². The van der Waals surface area contributed by atoms with Gasteiger partial charge in [-0.1, -0.05) is 29.8 Å². The van der Waals surface area contributed by atoms with Crippen LogP contribution in [-0.4, -0.2) is 53.7 Å². The van der Waals surface area contributed by atoms with E-state index in [-0.39, 0.29) is 18.4 Å². The molecule has 1 aromatic carbocycles. The highest BCUT2D eigenvalue weighted by Crippen LogP contribution is 2.26. The number of hydrogen-bond donors (Lipinski definition) is 2. The molecule has 3 aliphatic heterocycles. The molecule has 2 N–H and O–H groups in total. The Balaban J connectivity index is 1.84. The fraction of sp³-hybridized carbons (Fsp3) is 0.474. The van der Waals surface area contributed by atoms with Crippen molar-refractivity contribution in [2.24, 2.45) is 0 Å². The van der Waals surface area contributed by atoms with Crippen LogP contribution in [0, 0.1) is 0 Å². The van der Waals surface area contributed by atoms with Crippen LogP contribution < -0.4 is 10.1 Å². The molecule has 3 heterocycles. The molecule has 6 nitrogen and oxygen atoms in total. The van der Waals surface area contributed by atoms with E-state index in [0.29, 0.717) is 17.4 Å². The van der Waals surface area contributed by atoms with Crippen LogP contribution >= 0.6 is 11.6 Å². The summed E-state index contributed by atoms with van der Waals surface area (Å²) in [5.74, 6) is -0.705. The second kappa shape index (κ2) is 8.56. The third-order valence-electron chi connectivity index (χ3n) is 4.80. The summed E-state index contributed by atoms with van der Waals surface area (Å²) in [7, 11) is 0. The van der Waals surface area contributed by atoms with Gasteiger partial charge in [-0.2, -0.15) is 0 Å². The highest BCUT2D eigenvalue weighted by Gasteiger charge is 2.32. The number of nitrogens with one attached hydrogen (secondary N) is 1. The van der Waals surface area contributed by atoms with Gasteiger partial charge in [0.1, 0.15) is 18.4 Å². The van der Waals surface area contributed by atoms with E-state index in [4.69, 9.17) is 16.3 Å². The first-order valence-electron chi connectivity index (χ1n) is 8.88. The first kappa shape index (κ1) is 18.7. The van der Waals surface area contributed by atoms with E-state index in [9.17, 15) is 14.7 Å². The first-order chi connectivity index (χ1) is 12.5. The molecule has 140 valence electrons. The largest absolute Gasteiger partial charge is 0.488 e. The number of benzene rings is 1. The monoisotopic (exact) mass is 378 g/mol. The lowest BCUT2D eigenvalue weighted by Gasteiger charge is -2.25. The zero-order valence-electron chi connectivity index (χ0n) is 14.5. The van der Waals surface area contributed by atoms with E-state index in [1.54, 1.807) is 18.2 Å². The second-order valence-electron chi connectivity index (χ2n) is 6.63. The highest BCUT2D eigenvalue weighted by molar-refractivity contribution is 6.32. The number of carbonyl (C=O) groups is 2. The van der Waals surface area contributed by atoms with Crippen molar-refractivity contribution < 1.29 is 19.4 Å². The molecule has 0 spiro atoms. The number of fused-ring (bicyclic) bond motifs is 9. The lowest BCUT2D eigenvalue weighted by Crippen LogP contribution is -2.50. The summed E-state index contributed by atoms with van der Waals surface area (Å²) in [6, 6.07) is 3.95. The van der Waals surface area contributed by atoms with Crippen molar-refractivity contribution in [3.05, 3.63) is 40.9 Å². The van der Waals surface area contributed by atoms with Crippen LogP contribution in [0.1, 0.15) is 24.8 Å². The number of hydrogen-bond acceptors (Lipinski definition) is 4. The molecule has 3 aliphatic rings. The topological polar surface area (TPSA) is 78.9 Å². The Morgan fingerprint density at radius 1 is 1.31 bits per heavy atom. The fourth-order valence-corrected chi connectivity index (χ4v) is 3.70. The number of halogens is 1. The molecule has 4 rings (SSSR count). The standard InChI is InChI=1S/C19H23ClN2O4/c20-14-11-13-6-7-17(14)26-10-3-1-2-8-22-9-4-5-16(22)18(23)21-15(12-13)19(24)25/h1,3,6-7,11,15-16H,2,4-5,8-10,12H2,(H,21,23)(H,24,25)/t15-,16?/m0/s1. The highest BCUT2D eigenvalue weighted by atomic mass is 35.5. The zero-order valence-corrected chi connectivity index (χ0v) is 15.2. The number of rotatable bonds is 1. The lowest BCUT2D eigenvalue weighted by molar-refractivity contribution is -0.142. The van der Waals surface area contributed by atoms with Gasteiger partial charge in [0.25, 0.3) is 0 Å². The van der Waals surface area contributed by atoms with Crippen molar-refractivity contribution in [3.63, 3.8) is 0 Å². The van der Waals surface area contributed by atoms with E-state index in [1.165, 1.54) is 0 Å². The fourth-order valence-electron chi connectivity index (χ4n) is 3.45. The van der Waals surface area contributed by atoms with Crippen LogP contribution in [-0.2, 0) is 16.0 Å². The molecule has 0 saturated carbocycles. The smallest absolute Gasteiger partial charge is 0.326 e. The van der Waals surface area contributed by atoms with Crippen LogP contribution in [0.2, 0.25) is 5.02 Å². The van der Waals surface area contributed by atoms with E-state index in [1.807, 2.05) is 12.2 Å². The molecule has 26 heavy (non-hydrogen) atoms. The lowest BCUT2D eigenvalue weighted by atomic mass is 10.0. The molecule has 1 amide bonds. The normalized spacial score (nSPS) is 24.7. The van der Waals surface area contributed by atoms with Crippen molar-refractivity contribution in [2.45, 2.75) is 37.8 Å². The Bertz CT molecular complexity index is 707. The summed E-state index contributed by atoms with van der Waals surface area (Å²) in [5.41, 5.74) is 0.737. The Morgan fingerprint density at radius 3 is 2.92 bits per heavy atom. The quantitative estimate of drug-likeness (QED) is 0.733. The van der Waals surface area contributed by atoms with Crippen LogP contribution in [0.15, 0.2) is 30.4 Å². The van der Waals surface area contributed by atoms with Crippen molar-refractivity contribution >= 4 is 23.5 Å². The molecule has 1 unspecified atom stereocenters. The Labute approximate surface area is 157 Å². The van der Waals surface area contributed by atoms with Gasteiger partial charge in [0, 0.05) is 13.0 Å². The van der Waals surface area contributed by atoms with E-state index < -0.39 is 12.0 Å². The van der Waals surface area contributed by atoms with Gasteiger partial charge >= 0.3 is 5.97 Å². The van der Waals surface area contributed by atoms with Gasteiger partial charge in [-0.3, -0.25) is 9.69 Å². The number of carboxylic acids is 1. The predicted molar refractivity (Wildman–Crippen MR) is 98.6 cm³/mol. The Kier molecular flexibility index (Phi) is 6.16. The molecule has 1 saturated heterocycles. The van der Waals surface area contributed by atoms with E-state index in [0.717, 1.165) is 37.9 Å². The summed E-state index contributed by atoms with van der Waals surface area (Å²) in [5, 5.41) is 12.7. The van der Waals surface area contributed by atoms with Crippen LogP contribution in [0.25, 0.3) is 0 Å². The average Bonchev–Trinajstić information content (AvgIpc) is 3.06. The van der Waals surface area contributed by atoms with Gasteiger partial charge in [-0.25, -0.2) is 4.79 Å². The summed E-state index contributed by atoms with van der Waals surface area (Å²) < 4.78 is 5.65. The van der Waals surface area contributed by atoms with Crippen molar-refractivity contribution in [3.8, 4) is 5.75 Å². The predicted octanol–water partition coefficient (Wildman–Crippen LogP) is 2.25. The molecular formula is C19H23ClN2O4. The minimum absolute atomic E-state index is 0.174. The molecule has 1 aromatic rings. The van der Waals surface area contributed by atoms with Gasteiger partial charge in [-0.05, 0) is 43.5 Å². The molecule has 0 radical (unpaired) electrons. The minimum Gasteiger partial charge on any atom is -0.488 e. The third kappa shape index (κ3) is 4.56. The number of amides is 1. The number of nitrogens with zero attached hydrogens (tertiary/aromatic N) is 1. The number of carboxylic acid groups (broad SMARTS) is 1. The third-order valence-corrected chi connectivity index (χ3v) is 5.10. The Morgan fingerprint density at radius 2 is 2.15 bits per heavy atom. The van der Waals surface area contributed by atoms with Gasteiger partial charge in [0.2, 0.25) is 5.91 Å².